The van der Waals surface area contributed by atoms with Gasteiger partial charge in [0.05, 0.1) is 53.9 Å². The van der Waals surface area contributed by atoms with Crippen molar-refractivity contribution in [1.29, 1.82) is 0 Å². The van der Waals surface area contributed by atoms with Gasteiger partial charge in [-0.15, -0.1) is 0 Å². The van der Waals surface area contributed by atoms with Crippen molar-refractivity contribution >= 4 is 11.4 Å². The highest BCUT2D eigenvalue weighted by Crippen LogP contribution is 2.22. The first-order chi connectivity index (χ1) is 14.5. The number of morpholine rings is 1. The molecule has 1 N–H and O–H groups in total. The van der Waals surface area contributed by atoms with Crippen LogP contribution in [-0.4, -0.2) is 51.7 Å². The average Bonchev–Trinajstić information content (AvgIpc) is 3.12. The molecule has 1 aliphatic rings. The van der Waals surface area contributed by atoms with Crippen molar-refractivity contribution in [3.63, 3.8) is 0 Å². The van der Waals surface area contributed by atoms with Gasteiger partial charge in [0.1, 0.15) is 0 Å². The van der Waals surface area contributed by atoms with Crippen molar-refractivity contribution < 1.29 is 9.66 Å². The number of benzene rings is 2. The van der Waals surface area contributed by atoms with Crippen LogP contribution in [0.1, 0.15) is 12.5 Å². The summed E-state index contributed by atoms with van der Waals surface area (Å²) in [7, 11) is 0. The molecule has 9 nitrogen and oxygen atoms in total. The van der Waals surface area contributed by atoms with Crippen LogP contribution in [0.25, 0.3) is 16.9 Å². The van der Waals surface area contributed by atoms with Gasteiger partial charge < -0.3 is 4.74 Å². The molecule has 4 rings (SSSR count). The van der Waals surface area contributed by atoms with E-state index < -0.39 is 4.92 Å². The van der Waals surface area contributed by atoms with Gasteiger partial charge in [-0.3, -0.25) is 25.0 Å². The summed E-state index contributed by atoms with van der Waals surface area (Å²) < 4.78 is 6.75. The Morgan fingerprint density at radius 1 is 1.10 bits per heavy atom. The number of hydrogen-bond acceptors (Lipinski definition) is 6. The molecule has 0 atom stereocenters. The van der Waals surface area contributed by atoms with Crippen LogP contribution >= 0.6 is 0 Å². The van der Waals surface area contributed by atoms with E-state index in [1.54, 1.807) is 12.1 Å². The maximum Gasteiger partial charge on any atom is 0.281 e. The van der Waals surface area contributed by atoms with Crippen LogP contribution < -0.4 is 5.56 Å². The van der Waals surface area contributed by atoms with E-state index in [-0.39, 0.29) is 11.2 Å². The number of nitrogens with zero attached hydrogens (tertiary/aromatic N) is 4. The van der Waals surface area contributed by atoms with Gasteiger partial charge in [-0.1, -0.05) is 30.3 Å². The second-order valence-electron chi connectivity index (χ2n) is 6.89. The molecule has 2 heterocycles. The summed E-state index contributed by atoms with van der Waals surface area (Å²) in [6, 6.07) is 15.4. The van der Waals surface area contributed by atoms with Crippen molar-refractivity contribution in [2.24, 2.45) is 5.10 Å². The van der Waals surface area contributed by atoms with Gasteiger partial charge >= 0.3 is 0 Å². The maximum atomic E-state index is 13.3. The van der Waals surface area contributed by atoms with E-state index in [9.17, 15) is 14.9 Å². The Hall–Kier alpha value is -3.72. The molecule has 0 aliphatic carbocycles. The van der Waals surface area contributed by atoms with Gasteiger partial charge in [-0.2, -0.15) is 5.10 Å². The summed E-state index contributed by atoms with van der Waals surface area (Å²) in [6.07, 6.45) is 0. The first-order valence-corrected chi connectivity index (χ1v) is 9.58. The van der Waals surface area contributed by atoms with Crippen LogP contribution in [0.15, 0.2) is 64.5 Å². The van der Waals surface area contributed by atoms with Crippen LogP contribution in [0.4, 0.5) is 5.69 Å². The summed E-state index contributed by atoms with van der Waals surface area (Å²) >= 11 is 0. The lowest BCUT2D eigenvalue weighted by atomic mass is 10.1. The van der Waals surface area contributed by atoms with Crippen LogP contribution in [-0.2, 0) is 4.74 Å². The minimum atomic E-state index is -0.471. The highest BCUT2D eigenvalue weighted by Gasteiger charge is 2.21. The first-order valence-electron chi connectivity index (χ1n) is 9.58. The zero-order valence-corrected chi connectivity index (χ0v) is 16.4. The van der Waals surface area contributed by atoms with Crippen molar-refractivity contribution in [2.45, 2.75) is 6.92 Å². The number of ether oxygens (including phenoxy) is 1. The van der Waals surface area contributed by atoms with Crippen LogP contribution in [0.3, 0.4) is 0 Å². The predicted molar refractivity (Wildman–Crippen MR) is 113 cm³/mol. The summed E-state index contributed by atoms with van der Waals surface area (Å²) in [5, 5.41) is 20.6. The number of non-ortho nitro benzene ring substituents is 1. The van der Waals surface area contributed by atoms with Gasteiger partial charge in [-0.25, -0.2) is 4.68 Å². The number of rotatable bonds is 5. The monoisotopic (exact) mass is 407 g/mol. The van der Waals surface area contributed by atoms with Crippen molar-refractivity contribution in [2.75, 3.05) is 26.3 Å². The Balaban J connectivity index is 1.82. The minimum absolute atomic E-state index is 0.0353. The Morgan fingerprint density at radius 3 is 2.40 bits per heavy atom. The molecule has 0 radical (unpaired) electrons. The fraction of sp³-hybridized carbons (Fsp3) is 0.238. The molecular formula is C21H21N5O4. The SMILES string of the molecule is C/C(=N\N1CCOCC1)c1c(-c2ccccc2)[nH]n(-c2ccc([N+](=O)[O-])cc2)c1=O. The molecule has 0 saturated carbocycles. The number of hydrogen-bond donors (Lipinski definition) is 1. The number of nitro groups is 1. The Kier molecular flexibility index (Phi) is 5.44. The molecule has 3 aromatic rings. The van der Waals surface area contributed by atoms with E-state index in [4.69, 9.17) is 4.74 Å². The van der Waals surface area contributed by atoms with Gasteiger partial charge in [0.15, 0.2) is 0 Å². The van der Waals surface area contributed by atoms with Crippen LogP contribution in [0, 0.1) is 10.1 Å². The molecule has 2 aromatic carbocycles. The number of aromatic amines is 1. The zero-order chi connectivity index (χ0) is 21.1. The van der Waals surface area contributed by atoms with Crippen LogP contribution in [0.5, 0.6) is 0 Å². The first kappa shape index (κ1) is 19.6. The summed E-state index contributed by atoms with van der Waals surface area (Å²) in [4.78, 5) is 23.8. The largest absolute Gasteiger partial charge is 0.378 e. The third-order valence-corrected chi connectivity index (χ3v) is 4.91. The third-order valence-electron chi connectivity index (χ3n) is 4.91. The molecule has 9 heteroatoms. The number of hydrazone groups is 1. The lowest BCUT2D eigenvalue weighted by molar-refractivity contribution is -0.384. The molecule has 1 saturated heterocycles. The van der Waals surface area contributed by atoms with E-state index in [0.717, 1.165) is 5.56 Å². The molecular weight excluding hydrogens is 386 g/mol. The van der Waals surface area contributed by atoms with Gasteiger partial charge in [0.25, 0.3) is 11.2 Å². The number of aromatic nitrogens is 2. The molecule has 1 aromatic heterocycles. The van der Waals surface area contributed by atoms with Crippen molar-refractivity contribution in [3.05, 3.63) is 80.6 Å². The molecule has 1 fully saturated rings. The van der Waals surface area contributed by atoms with Crippen LogP contribution in [0.2, 0.25) is 0 Å². The molecule has 30 heavy (non-hydrogen) atoms. The number of nitro benzene ring substituents is 1. The molecule has 0 bridgehead atoms. The second-order valence-corrected chi connectivity index (χ2v) is 6.89. The lowest BCUT2D eigenvalue weighted by Crippen LogP contribution is -2.33. The highest BCUT2D eigenvalue weighted by molar-refractivity contribution is 6.03. The predicted octanol–water partition coefficient (Wildman–Crippen LogP) is 2.80. The van der Waals surface area contributed by atoms with E-state index in [1.807, 2.05) is 42.3 Å². The zero-order valence-electron chi connectivity index (χ0n) is 16.4. The number of H-pyrrole nitrogens is 1. The van der Waals surface area contributed by atoms with E-state index in [2.05, 4.69) is 10.2 Å². The topological polar surface area (TPSA) is 106 Å². The minimum Gasteiger partial charge on any atom is -0.378 e. The highest BCUT2D eigenvalue weighted by atomic mass is 16.6. The maximum absolute atomic E-state index is 13.3. The molecule has 0 spiro atoms. The number of nitrogens with one attached hydrogen (secondary N) is 1. The quantitative estimate of drug-likeness (QED) is 0.398. The second kappa shape index (κ2) is 8.34. The lowest BCUT2D eigenvalue weighted by Gasteiger charge is -2.24. The van der Waals surface area contributed by atoms with Crippen molar-refractivity contribution in [3.8, 4) is 16.9 Å². The fourth-order valence-electron chi connectivity index (χ4n) is 3.41. The smallest absolute Gasteiger partial charge is 0.281 e. The van der Waals surface area contributed by atoms with Gasteiger partial charge in [0, 0.05) is 17.7 Å². The third kappa shape index (κ3) is 3.87. The molecule has 0 unspecified atom stereocenters. The van der Waals surface area contributed by atoms with Gasteiger partial charge in [-0.05, 0) is 19.1 Å². The summed E-state index contributed by atoms with van der Waals surface area (Å²) in [5.74, 6) is 0. The molecule has 1 aliphatic heterocycles. The summed E-state index contributed by atoms with van der Waals surface area (Å²) in [5.41, 5.74) is 2.76. The Bertz CT molecular complexity index is 1130. The normalized spacial score (nSPS) is 14.7. The van der Waals surface area contributed by atoms with E-state index in [1.165, 1.54) is 16.8 Å². The Labute approximate surface area is 172 Å². The molecule has 0 amide bonds. The Morgan fingerprint density at radius 2 is 1.77 bits per heavy atom. The van der Waals surface area contributed by atoms with E-state index in [0.29, 0.717) is 49.0 Å². The van der Waals surface area contributed by atoms with Gasteiger partial charge in [0.2, 0.25) is 0 Å². The standard InChI is InChI=1S/C21H21N5O4/c1-15(22-24-11-13-30-14-12-24)19-20(16-5-3-2-4-6-16)23-25(21(19)27)17-7-9-18(10-8-17)26(28)29/h2-10,23H,11-14H2,1H3/b22-15+. The summed E-state index contributed by atoms with van der Waals surface area (Å²) in [6.45, 7) is 4.34. The van der Waals surface area contributed by atoms with E-state index >= 15 is 0 Å². The molecule has 154 valence electrons. The fourth-order valence-corrected chi connectivity index (χ4v) is 3.41. The average molecular weight is 407 g/mol. The van der Waals surface area contributed by atoms with Crippen molar-refractivity contribution in [1.82, 2.24) is 14.8 Å².